The second-order valence-corrected chi connectivity index (χ2v) is 5.61. The third kappa shape index (κ3) is 4.74. The molecule has 0 saturated heterocycles. The lowest BCUT2D eigenvalue weighted by Gasteiger charge is -2.10. The summed E-state index contributed by atoms with van der Waals surface area (Å²) in [6.45, 7) is 4.77. The fourth-order valence-electron chi connectivity index (χ4n) is 2.23. The van der Waals surface area contributed by atoms with E-state index >= 15 is 0 Å². The topological polar surface area (TPSA) is 56.2 Å². The molecule has 0 aliphatic rings. The largest absolute Gasteiger partial charge is 0.476 e. The first kappa shape index (κ1) is 19.7. The molecule has 9 heteroatoms. The van der Waals surface area contributed by atoms with Crippen molar-refractivity contribution >= 4 is 11.6 Å². The van der Waals surface area contributed by atoms with Crippen LogP contribution in [0.25, 0.3) is 0 Å². The van der Waals surface area contributed by atoms with Crippen molar-refractivity contribution in [2.75, 3.05) is 11.9 Å². The summed E-state index contributed by atoms with van der Waals surface area (Å²) in [4.78, 5) is 12.4. The third-order valence-corrected chi connectivity index (χ3v) is 3.40. The SMILES string of the molecule is CCCOc1nn(CCC)cc1C(=O)Nc1ccc(C(F)(F)F)c(F)c1. The minimum atomic E-state index is -4.80. The molecule has 0 atom stereocenters. The van der Waals surface area contributed by atoms with E-state index in [0.29, 0.717) is 31.7 Å². The van der Waals surface area contributed by atoms with Crippen molar-refractivity contribution < 1.29 is 27.1 Å². The Morgan fingerprint density at radius 1 is 1.27 bits per heavy atom. The van der Waals surface area contributed by atoms with E-state index in [0.717, 1.165) is 12.5 Å². The number of alkyl halides is 3. The first-order valence-corrected chi connectivity index (χ1v) is 8.14. The van der Waals surface area contributed by atoms with Crippen molar-refractivity contribution in [3.8, 4) is 5.88 Å². The van der Waals surface area contributed by atoms with Crippen molar-refractivity contribution in [1.29, 1.82) is 0 Å². The van der Waals surface area contributed by atoms with Gasteiger partial charge in [0.15, 0.2) is 0 Å². The van der Waals surface area contributed by atoms with Gasteiger partial charge in [-0.05, 0) is 31.0 Å². The average molecular weight is 373 g/mol. The summed E-state index contributed by atoms with van der Waals surface area (Å²) >= 11 is 0. The van der Waals surface area contributed by atoms with Crippen LogP contribution in [0.2, 0.25) is 0 Å². The van der Waals surface area contributed by atoms with Gasteiger partial charge in [0.1, 0.15) is 11.4 Å². The van der Waals surface area contributed by atoms with Crippen LogP contribution in [0.3, 0.4) is 0 Å². The predicted octanol–water partition coefficient (Wildman–Crippen LogP) is 4.49. The molecule has 0 bridgehead atoms. The summed E-state index contributed by atoms with van der Waals surface area (Å²) in [5.74, 6) is -1.97. The highest BCUT2D eigenvalue weighted by Crippen LogP contribution is 2.32. The monoisotopic (exact) mass is 373 g/mol. The maximum absolute atomic E-state index is 13.6. The Morgan fingerprint density at radius 3 is 2.58 bits per heavy atom. The molecule has 0 spiro atoms. The standard InChI is InChI=1S/C17H19F4N3O2/c1-3-7-24-10-12(16(23-24)26-8-4-2)15(25)22-11-5-6-13(14(18)9-11)17(19,20)21/h5-6,9-10H,3-4,7-8H2,1-2H3,(H,22,25). The second kappa shape index (κ2) is 8.20. The third-order valence-electron chi connectivity index (χ3n) is 3.40. The lowest BCUT2D eigenvalue weighted by Crippen LogP contribution is -2.14. The van der Waals surface area contributed by atoms with Crippen molar-refractivity contribution in [2.45, 2.75) is 39.4 Å². The highest BCUT2D eigenvalue weighted by molar-refractivity contribution is 6.05. The summed E-state index contributed by atoms with van der Waals surface area (Å²) in [6, 6.07) is 2.20. The molecule has 1 heterocycles. The number of nitrogens with one attached hydrogen (secondary N) is 1. The van der Waals surface area contributed by atoms with E-state index in [4.69, 9.17) is 4.74 Å². The number of aryl methyl sites for hydroxylation is 1. The molecule has 26 heavy (non-hydrogen) atoms. The minimum absolute atomic E-state index is 0.0924. The highest BCUT2D eigenvalue weighted by atomic mass is 19.4. The zero-order valence-corrected chi connectivity index (χ0v) is 14.4. The molecule has 142 valence electrons. The smallest absolute Gasteiger partial charge is 0.419 e. The Balaban J connectivity index is 2.22. The maximum atomic E-state index is 13.6. The number of hydrogen-bond acceptors (Lipinski definition) is 3. The molecule has 2 rings (SSSR count). The van der Waals surface area contributed by atoms with E-state index in [2.05, 4.69) is 10.4 Å². The molecule has 1 aromatic heterocycles. The molecule has 0 fully saturated rings. The first-order chi connectivity index (χ1) is 12.3. The molecule has 2 aromatic rings. The highest BCUT2D eigenvalue weighted by Gasteiger charge is 2.34. The van der Waals surface area contributed by atoms with Crippen molar-refractivity contribution in [2.24, 2.45) is 0 Å². The van der Waals surface area contributed by atoms with Crippen molar-refractivity contribution in [3.05, 3.63) is 41.3 Å². The molecular formula is C17H19F4N3O2. The number of aromatic nitrogens is 2. The Kier molecular flexibility index (Phi) is 6.23. The van der Waals surface area contributed by atoms with Crippen LogP contribution in [0.15, 0.2) is 24.4 Å². The van der Waals surface area contributed by atoms with Crippen LogP contribution in [0, 0.1) is 5.82 Å². The minimum Gasteiger partial charge on any atom is -0.476 e. The van der Waals surface area contributed by atoms with Crippen molar-refractivity contribution in [1.82, 2.24) is 9.78 Å². The average Bonchev–Trinajstić information content (AvgIpc) is 2.95. The maximum Gasteiger partial charge on any atom is 0.419 e. The molecule has 5 nitrogen and oxygen atoms in total. The number of carbonyl (C=O) groups is 1. The predicted molar refractivity (Wildman–Crippen MR) is 87.7 cm³/mol. The fraction of sp³-hybridized carbons (Fsp3) is 0.412. The number of anilines is 1. The van der Waals surface area contributed by atoms with Crippen molar-refractivity contribution in [3.63, 3.8) is 0 Å². The number of nitrogens with zero attached hydrogens (tertiary/aromatic N) is 2. The lowest BCUT2D eigenvalue weighted by molar-refractivity contribution is -0.139. The second-order valence-electron chi connectivity index (χ2n) is 5.61. The van der Waals surface area contributed by atoms with E-state index in [1.54, 1.807) is 4.68 Å². The van der Waals surface area contributed by atoms with Gasteiger partial charge < -0.3 is 10.1 Å². The molecule has 1 N–H and O–H groups in total. The Hall–Kier alpha value is -2.58. The number of rotatable bonds is 7. The zero-order chi connectivity index (χ0) is 19.3. The van der Waals surface area contributed by atoms with E-state index in [-0.39, 0.29) is 17.1 Å². The number of amides is 1. The van der Waals surface area contributed by atoms with Gasteiger partial charge >= 0.3 is 6.18 Å². The van der Waals surface area contributed by atoms with Crippen LogP contribution < -0.4 is 10.1 Å². The van der Waals surface area contributed by atoms with Crippen LogP contribution in [0.5, 0.6) is 5.88 Å². The Bertz CT molecular complexity index is 772. The molecule has 0 saturated carbocycles. The van der Waals surface area contributed by atoms with Gasteiger partial charge in [0.25, 0.3) is 5.91 Å². The molecular weight excluding hydrogens is 354 g/mol. The summed E-state index contributed by atoms with van der Waals surface area (Å²) < 4.78 is 58.4. The van der Waals surface area contributed by atoms with Gasteiger partial charge in [0.2, 0.25) is 5.88 Å². The van der Waals surface area contributed by atoms with Crippen LogP contribution in [0.4, 0.5) is 23.2 Å². The summed E-state index contributed by atoms with van der Waals surface area (Å²) in [6.07, 6.45) is -1.80. The normalized spacial score (nSPS) is 11.5. The summed E-state index contributed by atoms with van der Waals surface area (Å²) in [5, 5.41) is 6.55. The van der Waals surface area contributed by atoms with Gasteiger partial charge in [-0.15, -0.1) is 5.10 Å². The molecule has 1 aromatic carbocycles. The summed E-state index contributed by atoms with van der Waals surface area (Å²) in [7, 11) is 0. The van der Waals surface area contributed by atoms with Crippen LogP contribution in [-0.4, -0.2) is 22.3 Å². The van der Waals surface area contributed by atoms with E-state index in [1.165, 1.54) is 6.20 Å². The van der Waals surface area contributed by atoms with Gasteiger partial charge in [-0.3, -0.25) is 9.48 Å². The first-order valence-electron chi connectivity index (χ1n) is 8.14. The number of carbonyl (C=O) groups excluding carboxylic acids is 1. The quantitative estimate of drug-likeness (QED) is 0.728. The van der Waals surface area contributed by atoms with Gasteiger partial charge in [0, 0.05) is 18.4 Å². The Labute approximate surface area is 148 Å². The Morgan fingerprint density at radius 2 is 2.00 bits per heavy atom. The molecule has 0 aliphatic carbocycles. The zero-order valence-electron chi connectivity index (χ0n) is 14.4. The number of halogens is 4. The van der Waals surface area contributed by atoms with E-state index < -0.39 is 23.5 Å². The number of benzene rings is 1. The molecule has 0 aliphatic heterocycles. The molecule has 0 unspecified atom stereocenters. The lowest BCUT2D eigenvalue weighted by atomic mass is 10.2. The van der Waals surface area contributed by atoms with E-state index in [1.807, 2.05) is 13.8 Å². The number of ether oxygens (including phenoxy) is 1. The van der Waals surface area contributed by atoms with E-state index in [9.17, 15) is 22.4 Å². The summed E-state index contributed by atoms with van der Waals surface area (Å²) in [5.41, 5.74) is -1.35. The van der Waals surface area contributed by atoms with Gasteiger partial charge in [0.05, 0.1) is 12.2 Å². The fourth-order valence-corrected chi connectivity index (χ4v) is 2.23. The van der Waals surface area contributed by atoms with Crippen LogP contribution in [-0.2, 0) is 12.7 Å². The molecule has 0 radical (unpaired) electrons. The van der Waals surface area contributed by atoms with Gasteiger partial charge in [-0.1, -0.05) is 13.8 Å². The molecule has 1 amide bonds. The van der Waals surface area contributed by atoms with Gasteiger partial charge in [-0.25, -0.2) is 4.39 Å². The van der Waals surface area contributed by atoms with Gasteiger partial charge in [-0.2, -0.15) is 13.2 Å². The van der Waals surface area contributed by atoms with Crippen LogP contribution >= 0.6 is 0 Å². The van der Waals surface area contributed by atoms with Crippen LogP contribution in [0.1, 0.15) is 42.6 Å². The number of hydrogen-bond donors (Lipinski definition) is 1.